The van der Waals surface area contributed by atoms with Crippen molar-refractivity contribution >= 4 is 5.97 Å². The Kier molecular flexibility index (Phi) is 3.51. The van der Waals surface area contributed by atoms with Crippen LogP contribution in [0.2, 0.25) is 0 Å². The molecule has 0 radical (unpaired) electrons. The van der Waals surface area contributed by atoms with Crippen molar-refractivity contribution in [3.8, 4) is 0 Å². The van der Waals surface area contributed by atoms with Gasteiger partial charge in [0.05, 0.1) is 7.11 Å². The molecule has 0 heterocycles. The van der Waals surface area contributed by atoms with E-state index in [0.717, 1.165) is 0 Å². The molecule has 3 heteroatoms. The fourth-order valence-corrected chi connectivity index (χ4v) is 0.241. The summed E-state index contributed by atoms with van der Waals surface area (Å²) in [5.41, 5.74) is 0. The minimum Gasteiger partial charge on any atom is -0.469 e. The molecule has 0 aliphatic carbocycles. The summed E-state index contributed by atoms with van der Waals surface area (Å²) < 4.78 is 8.98. The predicted molar refractivity (Wildman–Crippen MR) is 32.5 cm³/mol. The van der Waals surface area contributed by atoms with Crippen LogP contribution in [0, 0.1) is 0 Å². The van der Waals surface area contributed by atoms with Crippen molar-refractivity contribution in [1.82, 2.24) is 0 Å². The quantitative estimate of drug-likeness (QED) is 0.423. The Balaban J connectivity index is 3.47. The Morgan fingerprint density at radius 1 is 1.67 bits per heavy atom. The fraction of sp³-hybridized carbons (Fsp3) is 0.500. The highest BCUT2D eigenvalue weighted by atomic mass is 16.7. The summed E-state index contributed by atoms with van der Waals surface area (Å²) in [5.74, 6) is -0.288. The van der Waals surface area contributed by atoms with E-state index in [1.54, 1.807) is 6.92 Å². The number of carbonyl (C=O) groups excluding carboxylic acids is 1. The van der Waals surface area contributed by atoms with Crippen molar-refractivity contribution in [2.24, 2.45) is 0 Å². The Morgan fingerprint density at radius 2 is 2.22 bits per heavy atom. The molecule has 0 atom stereocenters. The zero-order valence-electron chi connectivity index (χ0n) is 5.64. The predicted octanol–water partition coefficient (Wildman–Crippen LogP) is 1.06. The van der Waals surface area contributed by atoms with Gasteiger partial charge in [0, 0.05) is 6.42 Å². The number of hydrogen-bond acceptors (Lipinski definition) is 3. The van der Waals surface area contributed by atoms with E-state index < -0.39 is 0 Å². The Labute approximate surface area is 54.3 Å². The van der Waals surface area contributed by atoms with E-state index in [1.807, 2.05) is 0 Å². The Bertz CT molecular complexity index is 103. The molecule has 0 amide bonds. The minimum absolute atomic E-state index is 0.0434. The molecule has 9 heavy (non-hydrogen) atoms. The van der Waals surface area contributed by atoms with Crippen molar-refractivity contribution in [2.45, 2.75) is 13.3 Å². The van der Waals surface area contributed by atoms with Gasteiger partial charge in [-0.1, -0.05) is 6.92 Å². The number of rotatable bonds is 3. The third kappa shape index (κ3) is 3.58. The number of ether oxygens (including phenoxy) is 2. The van der Waals surface area contributed by atoms with Gasteiger partial charge in [-0.15, -0.1) is 0 Å². The highest BCUT2D eigenvalue weighted by Crippen LogP contribution is 1.95. The first-order valence-electron chi connectivity index (χ1n) is 2.64. The first-order valence-corrected chi connectivity index (χ1v) is 2.64. The molecular weight excluding hydrogens is 120 g/mol. The second-order valence-corrected chi connectivity index (χ2v) is 1.40. The van der Waals surface area contributed by atoms with Gasteiger partial charge in [-0.3, -0.25) is 4.79 Å². The molecule has 0 N–H and O–H groups in total. The van der Waals surface area contributed by atoms with Gasteiger partial charge in [-0.25, -0.2) is 0 Å². The smallest absolute Gasteiger partial charge is 0.313 e. The van der Waals surface area contributed by atoms with E-state index in [2.05, 4.69) is 16.1 Å². The van der Waals surface area contributed by atoms with Gasteiger partial charge in [-0.2, -0.15) is 0 Å². The molecule has 0 aromatic rings. The van der Waals surface area contributed by atoms with Gasteiger partial charge >= 0.3 is 5.97 Å². The average Bonchev–Trinajstić information content (AvgIpc) is 1.87. The van der Waals surface area contributed by atoms with Crippen LogP contribution in [-0.2, 0) is 14.3 Å². The van der Waals surface area contributed by atoms with Crippen LogP contribution in [0.4, 0.5) is 0 Å². The number of carbonyl (C=O) groups is 1. The van der Waals surface area contributed by atoms with Crippen LogP contribution in [0.1, 0.15) is 13.3 Å². The molecule has 0 saturated heterocycles. The maximum Gasteiger partial charge on any atom is 0.313 e. The maximum atomic E-state index is 10.4. The summed E-state index contributed by atoms with van der Waals surface area (Å²) in [6, 6.07) is 0. The molecule has 0 bridgehead atoms. The number of methoxy groups -OCH3 is 1. The van der Waals surface area contributed by atoms with E-state index >= 15 is 0 Å². The monoisotopic (exact) mass is 130 g/mol. The second kappa shape index (κ2) is 3.95. The van der Waals surface area contributed by atoms with Crippen LogP contribution in [0.15, 0.2) is 12.5 Å². The summed E-state index contributed by atoms with van der Waals surface area (Å²) in [5, 5.41) is 0. The van der Waals surface area contributed by atoms with E-state index in [1.165, 1.54) is 7.11 Å². The molecule has 0 spiro atoms. The molecule has 0 aromatic heterocycles. The molecule has 52 valence electrons. The van der Waals surface area contributed by atoms with E-state index in [4.69, 9.17) is 0 Å². The summed E-state index contributed by atoms with van der Waals surface area (Å²) in [6.07, 6.45) is 0.336. The molecule has 0 unspecified atom stereocenters. The molecular formula is C6H10O3. The third-order valence-corrected chi connectivity index (χ3v) is 0.744. The van der Waals surface area contributed by atoms with Crippen LogP contribution < -0.4 is 0 Å². The summed E-state index contributed by atoms with van der Waals surface area (Å²) in [4.78, 5) is 10.4. The van der Waals surface area contributed by atoms with Crippen LogP contribution in [0.5, 0.6) is 0 Å². The molecule has 0 aliphatic heterocycles. The van der Waals surface area contributed by atoms with Crippen molar-refractivity contribution in [3.05, 3.63) is 12.5 Å². The van der Waals surface area contributed by atoms with E-state index in [9.17, 15) is 4.79 Å². The lowest BCUT2D eigenvalue weighted by molar-refractivity contribution is -0.143. The van der Waals surface area contributed by atoms with Crippen molar-refractivity contribution < 1.29 is 14.3 Å². The van der Waals surface area contributed by atoms with Gasteiger partial charge in [0.15, 0.2) is 0 Å². The highest BCUT2D eigenvalue weighted by Gasteiger charge is 1.99. The standard InChI is InChI=1S/C6H10O3/c1-4-6(7)9-5(2)8-3/h2,4H2,1,3H3. The summed E-state index contributed by atoms with van der Waals surface area (Å²) in [7, 11) is 1.39. The van der Waals surface area contributed by atoms with Crippen LogP contribution in [0.25, 0.3) is 0 Å². The van der Waals surface area contributed by atoms with Crippen molar-refractivity contribution in [3.63, 3.8) is 0 Å². The number of esters is 1. The zero-order valence-corrected chi connectivity index (χ0v) is 5.64. The Morgan fingerprint density at radius 3 is 2.56 bits per heavy atom. The molecule has 0 fully saturated rings. The van der Waals surface area contributed by atoms with E-state index in [-0.39, 0.29) is 11.9 Å². The average molecular weight is 130 g/mol. The molecule has 0 aliphatic rings. The highest BCUT2D eigenvalue weighted by molar-refractivity contribution is 5.69. The van der Waals surface area contributed by atoms with Crippen molar-refractivity contribution in [2.75, 3.05) is 7.11 Å². The third-order valence-electron chi connectivity index (χ3n) is 0.744. The molecule has 0 aromatic carbocycles. The first kappa shape index (κ1) is 8.01. The maximum absolute atomic E-state index is 10.4. The van der Waals surface area contributed by atoms with Crippen molar-refractivity contribution in [1.29, 1.82) is 0 Å². The normalized spacial score (nSPS) is 8.22. The lowest BCUT2D eigenvalue weighted by Gasteiger charge is -2.01. The first-order chi connectivity index (χ1) is 4.20. The second-order valence-electron chi connectivity index (χ2n) is 1.40. The molecule has 0 rings (SSSR count). The lowest BCUT2D eigenvalue weighted by atomic mass is 10.5. The van der Waals surface area contributed by atoms with Gasteiger partial charge in [-0.05, 0) is 6.58 Å². The van der Waals surface area contributed by atoms with Crippen LogP contribution >= 0.6 is 0 Å². The van der Waals surface area contributed by atoms with Gasteiger partial charge < -0.3 is 9.47 Å². The SMILES string of the molecule is C=C(OC)OC(=O)CC. The zero-order chi connectivity index (χ0) is 7.28. The number of hydrogen-bond donors (Lipinski definition) is 0. The topological polar surface area (TPSA) is 35.5 Å². The van der Waals surface area contributed by atoms with Gasteiger partial charge in [0.25, 0.3) is 5.95 Å². The Hall–Kier alpha value is -0.990. The lowest BCUT2D eigenvalue weighted by Crippen LogP contribution is -2.02. The van der Waals surface area contributed by atoms with E-state index in [0.29, 0.717) is 6.42 Å². The largest absolute Gasteiger partial charge is 0.469 e. The van der Waals surface area contributed by atoms with Gasteiger partial charge in [0.1, 0.15) is 0 Å². The molecule has 3 nitrogen and oxygen atoms in total. The molecule has 0 saturated carbocycles. The minimum atomic E-state index is -0.332. The van der Waals surface area contributed by atoms with Gasteiger partial charge in [0.2, 0.25) is 0 Å². The van der Waals surface area contributed by atoms with Crippen LogP contribution in [-0.4, -0.2) is 13.1 Å². The van der Waals surface area contributed by atoms with Crippen LogP contribution in [0.3, 0.4) is 0 Å². The summed E-state index contributed by atoms with van der Waals surface area (Å²) in [6.45, 7) is 5.00. The summed E-state index contributed by atoms with van der Waals surface area (Å²) >= 11 is 0. The fourth-order valence-electron chi connectivity index (χ4n) is 0.241.